The molecule has 6 nitrogen and oxygen atoms in total. The molecule has 4 rings (SSSR count). The number of amidine groups is 1. The van der Waals surface area contributed by atoms with Gasteiger partial charge in [0.2, 0.25) is 5.91 Å². The summed E-state index contributed by atoms with van der Waals surface area (Å²) in [4.78, 5) is 19.2. The van der Waals surface area contributed by atoms with Crippen LogP contribution in [0.1, 0.15) is 5.56 Å². The smallest absolute Gasteiger partial charge is 0.244 e. The van der Waals surface area contributed by atoms with Crippen molar-refractivity contribution in [2.45, 2.75) is 18.2 Å². The van der Waals surface area contributed by atoms with Gasteiger partial charge in [0.1, 0.15) is 6.54 Å². The second-order valence-electron chi connectivity index (χ2n) is 7.19. The molecule has 152 valence electrons. The van der Waals surface area contributed by atoms with Gasteiger partial charge in [0, 0.05) is 21.6 Å². The average molecular weight is 450 g/mol. The lowest BCUT2D eigenvalue weighted by atomic mass is 10.2. The Morgan fingerprint density at radius 2 is 2.00 bits per heavy atom. The third-order valence-electron chi connectivity index (χ3n) is 4.79. The van der Waals surface area contributed by atoms with Gasteiger partial charge in [0.25, 0.3) is 0 Å². The Bertz CT molecular complexity index is 1070. The minimum absolute atomic E-state index is 0.0479. The molecule has 29 heavy (non-hydrogen) atoms. The van der Waals surface area contributed by atoms with Gasteiger partial charge in [-0.25, -0.2) is 8.42 Å². The quantitative estimate of drug-likeness (QED) is 0.774. The zero-order valence-corrected chi connectivity index (χ0v) is 18.1. The molecule has 2 aliphatic heterocycles. The van der Waals surface area contributed by atoms with Gasteiger partial charge in [-0.15, -0.1) is 0 Å². The van der Waals surface area contributed by atoms with Gasteiger partial charge in [-0.3, -0.25) is 9.79 Å². The van der Waals surface area contributed by atoms with Crippen molar-refractivity contribution in [2.75, 3.05) is 28.3 Å². The van der Waals surface area contributed by atoms with Crippen LogP contribution in [0.2, 0.25) is 5.02 Å². The number of benzene rings is 2. The van der Waals surface area contributed by atoms with Gasteiger partial charge in [0.15, 0.2) is 15.0 Å². The lowest BCUT2D eigenvalue weighted by Crippen LogP contribution is -2.36. The number of hydrogen-bond donors (Lipinski definition) is 1. The molecule has 1 saturated heterocycles. The van der Waals surface area contributed by atoms with E-state index in [1.54, 1.807) is 17.0 Å². The van der Waals surface area contributed by atoms with Gasteiger partial charge in [0.05, 0.1) is 17.5 Å². The monoisotopic (exact) mass is 449 g/mol. The molecule has 1 amide bonds. The maximum atomic E-state index is 12.7. The van der Waals surface area contributed by atoms with Crippen LogP contribution in [0.3, 0.4) is 0 Å². The van der Waals surface area contributed by atoms with Crippen LogP contribution in [-0.2, 0) is 14.6 Å². The highest BCUT2D eigenvalue weighted by Crippen LogP contribution is 2.37. The first-order valence-electron chi connectivity index (χ1n) is 9.13. The largest absolute Gasteiger partial charge is 0.325 e. The average Bonchev–Trinajstić information content (AvgIpc) is 3.15. The normalized spacial score (nSPS) is 22.1. The van der Waals surface area contributed by atoms with Crippen LogP contribution in [0.15, 0.2) is 53.5 Å². The summed E-state index contributed by atoms with van der Waals surface area (Å²) < 4.78 is 23.7. The van der Waals surface area contributed by atoms with E-state index in [0.717, 1.165) is 16.9 Å². The molecular formula is C20H20ClN3O3S2. The van der Waals surface area contributed by atoms with Crippen LogP contribution in [0.25, 0.3) is 0 Å². The highest BCUT2D eigenvalue weighted by Gasteiger charge is 2.44. The molecule has 0 spiro atoms. The van der Waals surface area contributed by atoms with Gasteiger partial charge in [-0.2, -0.15) is 0 Å². The fourth-order valence-corrected chi connectivity index (χ4v) is 7.33. The van der Waals surface area contributed by atoms with Crippen molar-refractivity contribution in [3.63, 3.8) is 0 Å². The van der Waals surface area contributed by atoms with E-state index in [-0.39, 0.29) is 35.2 Å². The van der Waals surface area contributed by atoms with Crippen LogP contribution in [0, 0.1) is 6.92 Å². The van der Waals surface area contributed by atoms with Gasteiger partial charge in [-0.05, 0) is 37.3 Å². The zero-order chi connectivity index (χ0) is 20.6. The molecule has 2 aromatic rings. The number of nitrogens with zero attached hydrogens (tertiary/aromatic N) is 2. The molecule has 2 heterocycles. The van der Waals surface area contributed by atoms with Crippen LogP contribution >= 0.6 is 23.4 Å². The highest BCUT2D eigenvalue weighted by molar-refractivity contribution is 8.15. The zero-order valence-electron chi connectivity index (χ0n) is 15.7. The minimum atomic E-state index is -3.04. The summed E-state index contributed by atoms with van der Waals surface area (Å²) in [5, 5.41) is 4.00. The number of anilines is 2. The van der Waals surface area contributed by atoms with Crippen molar-refractivity contribution in [1.29, 1.82) is 0 Å². The number of carbonyl (C=O) groups is 1. The number of halogens is 1. The van der Waals surface area contributed by atoms with Crippen LogP contribution in [0.4, 0.5) is 11.4 Å². The number of carbonyl (C=O) groups excluding carboxylic acids is 1. The first-order chi connectivity index (χ1) is 13.8. The van der Waals surface area contributed by atoms with Gasteiger partial charge in [-0.1, -0.05) is 47.1 Å². The predicted molar refractivity (Wildman–Crippen MR) is 120 cm³/mol. The van der Waals surface area contributed by atoms with E-state index in [2.05, 4.69) is 10.3 Å². The van der Waals surface area contributed by atoms with E-state index in [1.165, 1.54) is 11.8 Å². The number of aliphatic imine (C=N–C) groups is 1. The van der Waals surface area contributed by atoms with E-state index in [0.29, 0.717) is 10.2 Å². The standard InChI is InChI=1S/C20H20ClN3O3S2/c1-13-5-7-15(8-6-13)22-19(25)10-24(16-4-2-3-14(21)9-16)20-23-17-11-29(26,27)12-18(17)28-20/h2-9,17-18H,10-12H2,1H3,(H,22,25)/t17-,18-/m0/s1. The molecule has 1 fully saturated rings. The number of hydrogen-bond acceptors (Lipinski definition) is 6. The van der Waals surface area contributed by atoms with E-state index in [1.807, 2.05) is 43.3 Å². The van der Waals surface area contributed by atoms with Crippen LogP contribution in [0.5, 0.6) is 0 Å². The molecule has 0 aromatic heterocycles. The SMILES string of the molecule is Cc1ccc(NC(=O)CN(C2=N[C@H]3CS(=O)(=O)C[C@@H]3S2)c2cccc(Cl)c2)cc1. The van der Waals surface area contributed by atoms with Crippen molar-refractivity contribution in [2.24, 2.45) is 4.99 Å². The fraction of sp³-hybridized carbons (Fsp3) is 0.300. The lowest BCUT2D eigenvalue weighted by molar-refractivity contribution is -0.114. The molecule has 0 aliphatic carbocycles. The second-order valence-corrected chi connectivity index (χ2v) is 11.0. The Kier molecular flexibility index (Phi) is 5.59. The van der Waals surface area contributed by atoms with E-state index < -0.39 is 9.84 Å². The number of rotatable bonds is 4. The number of fused-ring (bicyclic) bond motifs is 1. The topological polar surface area (TPSA) is 78.8 Å². The predicted octanol–water partition coefficient (Wildman–Crippen LogP) is 3.36. The van der Waals surface area contributed by atoms with Gasteiger partial charge < -0.3 is 10.2 Å². The summed E-state index contributed by atoms with van der Waals surface area (Å²) in [6.07, 6.45) is 0. The number of thioether (sulfide) groups is 1. The molecule has 0 unspecified atom stereocenters. The Balaban J connectivity index is 1.56. The molecule has 1 N–H and O–H groups in total. The number of aryl methyl sites for hydroxylation is 1. The number of sulfone groups is 1. The third kappa shape index (κ3) is 4.76. The molecular weight excluding hydrogens is 430 g/mol. The molecule has 0 bridgehead atoms. The summed E-state index contributed by atoms with van der Waals surface area (Å²) in [5.74, 6) is -0.0108. The number of nitrogens with one attached hydrogen (secondary N) is 1. The molecule has 2 atom stereocenters. The van der Waals surface area contributed by atoms with Crippen molar-refractivity contribution in [1.82, 2.24) is 0 Å². The summed E-state index contributed by atoms with van der Waals surface area (Å²) in [5.41, 5.74) is 2.57. The summed E-state index contributed by atoms with van der Waals surface area (Å²) >= 11 is 7.57. The van der Waals surface area contributed by atoms with E-state index >= 15 is 0 Å². The van der Waals surface area contributed by atoms with Crippen molar-refractivity contribution < 1.29 is 13.2 Å². The van der Waals surface area contributed by atoms with Crippen molar-refractivity contribution in [3.05, 3.63) is 59.1 Å². The summed E-state index contributed by atoms with van der Waals surface area (Å²) in [7, 11) is -3.04. The second kappa shape index (κ2) is 8.01. The van der Waals surface area contributed by atoms with Gasteiger partial charge >= 0.3 is 0 Å². The molecule has 2 aliphatic rings. The molecule has 9 heteroatoms. The van der Waals surface area contributed by atoms with Crippen LogP contribution < -0.4 is 10.2 Å². The Hall–Kier alpha value is -2.03. The van der Waals surface area contributed by atoms with E-state index in [9.17, 15) is 13.2 Å². The Morgan fingerprint density at radius 3 is 2.69 bits per heavy atom. The third-order valence-corrected chi connectivity index (χ3v) is 8.28. The first-order valence-corrected chi connectivity index (χ1v) is 12.2. The highest BCUT2D eigenvalue weighted by atomic mass is 35.5. The van der Waals surface area contributed by atoms with E-state index in [4.69, 9.17) is 11.6 Å². The summed E-state index contributed by atoms with van der Waals surface area (Å²) in [6, 6.07) is 14.5. The summed E-state index contributed by atoms with van der Waals surface area (Å²) in [6.45, 7) is 2.03. The molecule has 0 radical (unpaired) electrons. The molecule has 0 saturated carbocycles. The fourth-order valence-electron chi connectivity index (χ4n) is 3.37. The Morgan fingerprint density at radius 1 is 1.24 bits per heavy atom. The van der Waals surface area contributed by atoms with Crippen molar-refractivity contribution in [3.8, 4) is 0 Å². The van der Waals surface area contributed by atoms with Crippen LogP contribution in [-0.4, -0.2) is 48.8 Å². The maximum absolute atomic E-state index is 12.7. The number of amides is 1. The first kappa shape index (κ1) is 20.3. The van der Waals surface area contributed by atoms with Crippen molar-refractivity contribution >= 4 is 55.6 Å². The lowest BCUT2D eigenvalue weighted by Gasteiger charge is -2.24. The Labute approximate surface area is 179 Å². The molecule has 2 aromatic carbocycles. The minimum Gasteiger partial charge on any atom is -0.325 e. The maximum Gasteiger partial charge on any atom is 0.244 e.